The van der Waals surface area contributed by atoms with Crippen LogP contribution >= 0.6 is 15.9 Å². The van der Waals surface area contributed by atoms with Crippen LogP contribution in [-0.2, 0) is 9.53 Å². The Bertz CT molecular complexity index is 1070. The zero-order valence-corrected chi connectivity index (χ0v) is 18.8. The Morgan fingerprint density at radius 1 is 1.13 bits per heavy atom. The first-order chi connectivity index (χ1) is 15.1. The van der Waals surface area contributed by atoms with Gasteiger partial charge in [0.25, 0.3) is 5.91 Å². The standard InChI is InChI=1S/C24H23BrN2O4/c1-2-30-24(29)17-11-13-27(14-12-17)23(28)20-6-4-3-5-19(20)22-26-15-21(31-22)16-7-9-18(25)10-8-16/h3-10,15,17H,2,11-14H2,1H3. The van der Waals surface area contributed by atoms with Gasteiger partial charge < -0.3 is 14.1 Å². The van der Waals surface area contributed by atoms with E-state index in [1.165, 1.54) is 0 Å². The van der Waals surface area contributed by atoms with E-state index in [0.717, 1.165) is 10.0 Å². The van der Waals surface area contributed by atoms with Gasteiger partial charge in [-0.15, -0.1) is 0 Å². The van der Waals surface area contributed by atoms with Crippen molar-refractivity contribution < 1.29 is 18.7 Å². The molecule has 1 aromatic heterocycles. The summed E-state index contributed by atoms with van der Waals surface area (Å²) in [6.07, 6.45) is 2.89. The number of nitrogens with zero attached hydrogens (tertiary/aromatic N) is 2. The number of halogens is 1. The quantitative estimate of drug-likeness (QED) is 0.468. The van der Waals surface area contributed by atoms with Crippen LogP contribution < -0.4 is 0 Å². The maximum atomic E-state index is 13.2. The smallest absolute Gasteiger partial charge is 0.309 e. The normalized spacial score (nSPS) is 14.5. The number of piperidine rings is 1. The fourth-order valence-corrected chi connectivity index (χ4v) is 4.02. The van der Waals surface area contributed by atoms with Crippen LogP contribution in [0.3, 0.4) is 0 Å². The molecule has 1 aliphatic rings. The molecule has 1 saturated heterocycles. The lowest BCUT2D eigenvalue weighted by Crippen LogP contribution is -2.40. The second-order valence-corrected chi connectivity index (χ2v) is 8.32. The van der Waals surface area contributed by atoms with Crippen molar-refractivity contribution >= 4 is 27.8 Å². The Morgan fingerprint density at radius 3 is 2.55 bits per heavy atom. The van der Waals surface area contributed by atoms with E-state index in [0.29, 0.717) is 55.3 Å². The molecule has 1 aliphatic heterocycles. The number of carbonyl (C=O) groups is 2. The van der Waals surface area contributed by atoms with E-state index in [4.69, 9.17) is 9.15 Å². The molecule has 0 spiro atoms. The molecule has 1 fully saturated rings. The minimum atomic E-state index is -0.171. The van der Waals surface area contributed by atoms with Crippen molar-refractivity contribution in [2.75, 3.05) is 19.7 Å². The molecule has 0 radical (unpaired) electrons. The molecule has 4 rings (SSSR count). The highest BCUT2D eigenvalue weighted by Gasteiger charge is 2.30. The summed E-state index contributed by atoms with van der Waals surface area (Å²) in [5, 5.41) is 0. The third-order valence-corrected chi connectivity index (χ3v) is 5.95. The number of likely N-dealkylation sites (tertiary alicyclic amines) is 1. The van der Waals surface area contributed by atoms with Crippen molar-refractivity contribution in [2.45, 2.75) is 19.8 Å². The van der Waals surface area contributed by atoms with E-state index in [-0.39, 0.29) is 17.8 Å². The zero-order valence-electron chi connectivity index (χ0n) is 17.2. The highest BCUT2D eigenvalue weighted by atomic mass is 79.9. The first kappa shape index (κ1) is 21.3. The topological polar surface area (TPSA) is 72.6 Å². The molecule has 0 saturated carbocycles. The SMILES string of the molecule is CCOC(=O)C1CCN(C(=O)c2ccccc2-c2ncc(-c3ccc(Br)cc3)o2)CC1. The monoisotopic (exact) mass is 482 g/mol. The average molecular weight is 483 g/mol. The minimum absolute atomic E-state index is 0.0821. The van der Waals surface area contributed by atoms with Gasteiger partial charge in [-0.05, 0) is 44.0 Å². The number of benzene rings is 2. The van der Waals surface area contributed by atoms with Gasteiger partial charge in [0.2, 0.25) is 5.89 Å². The van der Waals surface area contributed by atoms with Crippen LogP contribution in [0.4, 0.5) is 0 Å². The number of oxazole rings is 1. The summed E-state index contributed by atoms with van der Waals surface area (Å²) in [6.45, 7) is 3.22. The summed E-state index contributed by atoms with van der Waals surface area (Å²) in [4.78, 5) is 31.4. The molecule has 0 unspecified atom stereocenters. The van der Waals surface area contributed by atoms with E-state index in [9.17, 15) is 9.59 Å². The number of hydrogen-bond acceptors (Lipinski definition) is 5. The molecule has 31 heavy (non-hydrogen) atoms. The first-order valence-electron chi connectivity index (χ1n) is 10.3. The molecule has 160 valence electrons. The molecule has 6 nitrogen and oxygen atoms in total. The van der Waals surface area contributed by atoms with Crippen molar-refractivity contribution in [1.82, 2.24) is 9.88 Å². The minimum Gasteiger partial charge on any atom is -0.466 e. The van der Waals surface area contributed by atoms with Gasteiger partial charge in [-0.3, -0.25) is 9.59 Å². The van der Waals surface area contributed by atoms with Gasteiger partial charge >= 0.3 is 5.97 Å². The molecular weight excluding hydrogens is 460 g/mol. The van der Waals surface area contributed by atoms with Gasteiger partial charge in [0.1, 0.15) is 0 Å². The second kappa shape index (κ2) is 9.47. The number of amides is 1. The summed E-state index contributed by atoms with van der Waals surface area (Å²) in [5.74, 6) is 0.652. The van der Waals surface area contributed by atoms with E-state index < -0.39 is 0 Å². The van der Waals surface area contributed by atoms with Gasteiger partial charge in [-0.2, -0.15) is 0 Å². The van der Waals surface area contributed by atoms with Gasteiger partial charge in [0.15, 0.2) is 5.76 Å². The van der Waals surface area contributed by atoms with Crippen LogP contribution in [-0.4, -0.2) is 41.5 Å². The number of aromatic nitrogens is 1. The van der Waals surface area contributed by atoms with E-state index >= 15 is 0 Å². The lowest BCUT2D eigenvalue weighted by molar-refractivity contribution is -0.149. The highest BCUT2D eigenvalue weighted by molar-refractivity contribution is 9.10. The van der Waals surface area contributed by atoms with Gasteiger partial charge in [0, 0.05) is 28.7 Å². The highest BCUT2D eigenvalue weighted by Crippen LogP contribution is 2.30. The summed E-state index contributed by atoms with van der Waals surface area (Å²) in [6, 6.07) is 15.1. The Hall–Kier alpha value is -2.93. The molecule has 0 atom stereocenters. The molecule has 7 heteroatoms. The number of esters is 1. The van der Waals surface area contributed by atoms with Crippen LogP contribution in [0.1, 0.15) is 30.1 Å². The maximum absolute atomic E-state index is 13.2. The average Bonchev–Trinajstić information content (AvgIpc) is 3.29. The lowest BCUT2D eigenvalue weighted by Gasteiger charge is -2.31. The molecule has 2 heterocycles. The van der Waals surface area contributed by atoms with Crippen LogP contribution in [0.15, 0.2) is 63.6 Å². The summed E-state index contributed by atoms with van der Waals surface area (Å²) in [7, 11) is 0. The molecule has 1 amide bonds. The molecule has 0 aliphatic carbocycles. The van der Waals surface area contributed by atoms with Crippen molar-refractivity contribution in [1.29, 1.82) is 0 Å². The van der Waals surface area contributed by atoms with Gasteiger partial charge in [-0.1, -0.05) is 40.2 Å². The molecule has 2 aromatic carbocycles. The number of carbonyl (C=O) groups excluding carboxylic acids is 2. The fourth-order valence-electron chi connectivity index (χ4n) is 3.75. The molecule has 3 aromatic rings. The lowest BCUT2D eigenvalue weighted by atomic mass is 9.96. The number of hydrogen-bond donors (Lipinski definition) is 0. The Labute approximate surface area is 189 Å². The molecule has 0 bridgehead atoms. The Morgan fingerprint density at radius 2 is 1.84 bits per heavy atom. The Kier molecular flexibility index (Phi) is 6.51. The van der Waals surface area contributed by atoms with Crippen molar-refractivity contribution in [2.24, 2.45) is 5.92 Å². The fraction of sp³-hybridized carbons (Fsp3) is 0.292. The third-order valence-electron chi connectivity index (χ3n) is 5.42. The van der Waals surface area contributed by atoms with Crippen molar-refractivity contribution in [3.63, 3.8) is 0 Å². The van der Waals surface area contributed by atoms with Gasteiger partial charge in [-0.25, -0.2) is 4.98 Å². The van der Waals surface area contributed by atoms with Crippen LogP contribution in [0.2, 0.25) is 0 Å². The Balaban J connectivity index is 1.52. The van der Waals surface area contributed by atoms with Crippen molar-refractivity contribution in [3.8, 4) is 22.8 Å². The zero-order chi connectivity index (χ0) is 21.8. The maximum Gasteiger partial charge on any atom is 0.309 e. The predicted molar refractivity (Wildman–Crippen MR) is 120 cm³/mol. The van der Waals surface area contributed by atoms with E-state index in [1.807, 2.05) is 42.5 Å². The molecule has 0 N–H and O–H groups in total. The third kappa shape index (κ3) is 4.71. The number of ether oxygens (including phenoxy) is 1. The molecular formula is C24H23BrN2O4. The summed E-state index contributed by atoms with van der Waals surface area (Å²) >= 11 is 3.43. The van der Waals surface area contributed by atoms with Crippen LogP contribution in [0.5, 0.6) is 0 Å². The summed E-state index contributed by atoms with van der Waals surface area (Å²) < 4.78 is 12.1. The van der Waals surface area contributed by atoms with Crippen molar-refractivity contribution in [3.05, 3.63) is 64.8 Å². The second-order valence-electron chi connectivity index (χ2n) is 7.40. The first-order valence-corrected chi connectivity index (χ1v) is 11.1. The van der Waals surface area contributed by atoms with Gasteiger partial charge in [0.05, 0.1) is 24.3 Å². The summed E-state index contributed by atoms with van der Waals surface area (Å²) in [5.41, 5.74) is 2.11. The number of rotatable bonds is 5. The van der Waals surface area contributed by atoms with Crippen LogP contribution in [0.25, 0.3) is 22.8 Å². The van der Waals surface area contributed by atoms with Crippen LogP contribution in [0, 0.1) is 5.92 Å². The van der Waals surface area contributed by atoms with E-state index in [1.54, 1.807) is 24.1 Å². The largest absolute Gasteiger partial charge is 0.466 e. The predicted octanol–water partition coefficient (Wildman–Crippen LogP) is 5.19. The van der Waals surface area contributed by atoms with E-state index in [2.05, 4.69) is 20.9 Å².